The van der Waals surface area contributed by atoms with Crippen LogP contribution in [0.4, 0.5) is 5.82 Å². The molecule has 7 nitrogen and oxygen atoms in total. The molecule has 0 atom stereocenters. The van der Waals surface area contributed by atoms with Crippen molar-refractivity contribution in [2.24, 2.45) is 5.73 Å². The van der Waals surface area contributed by atoms with E-state index in [0.717, 1.165) is 18.8 Å². The Morgan fingerprint density at radius 3 is 2.90 bits per heavy atom. The van der Waals surface area contributed by atoms with Gasteiger partial charge in [-0.25, -0.2) is 14.6 Å². The number of carbonyl (C=O) groups excluding carboxylic acids is 1. The normalized spacial score (nSPS) is 10.5. The largest absolute Gasteiger partial charge is 0.370 e. The minimum Gasteiger partial charge on any atom is -0.370 e. The summed E-state index contributed by atoms with van der Waals surface area (Å²) in [5.41, 5.74) is 5.56. The fraction of sp³-hybridized carbons (Fsp3) is 0.333. The summed E-state index contributed by atoms with van der Waals surface area (Å²) < 4.78 is 1.51. The number of primary amides is 1. The van der Waals surface area contributed by atoms with Gasteiger partial charge in [0, 0.05) is 18.8 Å². The van der Waals surface area contributed by atoms with Gasteiger partial charge in [-0.05, 0) is 12.7 Å². The quantitative estimate of drug-likeness (QED) is 0.615. The number of amides is 1. The predicted octanol–water partition coefficient (Wildman–Crippen LogP) is 1.30. The molecule has 0 fully saturated rings. The Balaban J connectivity index is 2.35. The highest BCUT2D eigenvalue weighted by molar-refractivity contribution is 7.98. The van der Waals surface area contributed by atoms with Crippen LogP contribution in [0.1, 0.15) is 23.7 Å². The van der Waals surface area contributed by atoms with E-state index < -0.39 is 5.91 Å². The number of hydrogen-bond donors (Lipinski definition) is 2. The Labute approximate surface area is 121 Å². The van der Waals surface area contributed by atoms with Crippen LogP contribution in [0.2, 0.25) is 0 Å². The fourth-order valence-electron chi connectivity index (χ4n) is 1.54. The third-order valence-electron chi connectivity index (χ3n) is 2.53. The maximum absolute atomic E-state index is 11.1. The lowest BCUT2D eigenvalue weighted by molar-refractivity contribution is 0.100. The zero-order valence-corrected chi connectivity index (χ0v) is 12.1. The second-order valence-corrected chi connectivity index (χ2v) is 4.84. The first-order valence-corrected chi connectivity index (χ1v) is 7.38. The Morgan fingerprint density at radius 1 is 1.50 bits per heavy atom. The second-order valence-electron chi connectivity index (χ2n) is 4.06. The van der Waals surface area contributed by atoms with Gasteiger partial charge in [0.05, 0.1) is 11.8 Å². The highest BCUT2D eigenvalue weighted by atomic mass is 32.2. The number of carbonyl (C=O) groups is 1. The van der Waals surface area contributed by atoms with Crippen molar-refractivity contribution in [2.75, 3.05) is 18.1 Å². The van der Waals surface area contributed by atoms with Gasteiger partial charge in [-0.15, -0.1) is 0 Å². The molecule has 0 aromatic carbocycles. The zero-order valence-electron chi connectivity index (χ0n) is 11.3. The van der Waals surface area contributed by atoms with Gasteiger partial charge in [-0.3, -0.25) is 4.79 Å². The summed E-state index contributed by atoms with van der Waals surface area (Å²) in [6.07, 6.45) is 5.88. The van der Waals surface area contributed by atoms with E-state index in [1.807, 2.05) is 6.26 Å². The minimum atomic E-state index is -0.514. The Bertz CT molecular complexity index is 612. The number of hydrogen-bond acceptors (Lipinski definition) is 6. The molecule has 0 aliphatic heterocycles. The van der Waals surface area contributed by atoms with Crippen molar-refractivity contribution in [3.63, 3.8) is 0 Å². The van der Waals surface area contributed by atoms with E-state index in [9.17, 15) is 4.79 Å². The minimum absolute atomic E-state index is 0.345. The molecule has 3 N–H and O–H groups in total. The molecule has 106 valence electrons. The van der Waals surface area contributed by atoms with Crippen molar-refractivity contribution in [3.8, 4) is 5.82 Å². The SMILES string of the molecule is CCCNc1cc(-n2cc(C(N)=O)cn2)nc(SC)n1. The maximum atomic E-state index is 11.1. The highest BCUT2D eigenvalue weighted by Crippen LogP contribution is 2.16. The van der Waals surface area contributed by atoms with E-state index >= 15 is 0 Å². The summed E-state index contributed by atoms with van der Waals surface area (Å²) in [4.78, 5) is 19.8. The van der Waals surface area contributed by atoms with E-state index in [1.165, 1.54) is 22.6 Å². The summed E-state index contributed by atoms with van der Waals surface area (Å²) in [5, 5.41) is 7.94. The van der Waals surface area contributed by atoms with Gasteiger partial charge in [0.25, 0.3) is 5.91 Å². The topological polar surface area (TPSA) is 98.7 Å². The predicted molar refractivity (Wildman–Crippen MR) is 78.2 cm³/mol. The first kappa shape index (κ1) is 14.3. The number of nitrogens with one attached hydrogen (secondary N) is 1. The van der Waals surface area contributed by atoms with E-state index in [4.69, 9.17) is 5.73 Å². The number of nitrogens with two attached hydrogens (primary N) is 1. The molecule has 0 unspecified atom stereocenters. The van der Waals surface area contributed by atoms with Gasteiger partial charge in [-0.1, -0.05) is 18.7 Å². The van der Waals surface area contributed by atoms with Crippen LogP contribution in [-0.2, 0) is 0 Å². The number of anilines is 1. The molecule has 2 heterocycles. The van der Waals surface area contributed by atoms with E-state index in [2.05, 4.69) is 27.3 Å². The lowest BCUT2D eigenvalue weighted by atomic mass is 10.3. The second kappa shape index (κ2) is 6.38. The molecule has 0 saturated carbocycles. The van der Waals surface area contributed by atoms with Gasteiger partial charge in [0.2, 0.25) is 0 Å². The molecule has 8 heteroatoms. The third kappa shape index (κ3) is 3.27. The van der Waals surface area contributed by atoms with Gasteiger partial charge in [0.15, 0.2) is 11.0 Å². The average molecular weight is 292 g/mol. The fourth-order valence-corrected chi connectivity index (χ4v) is 1.91. The molecule has 0 bridgehead atoms. The standard InChI is InChI=1S/C12H16N6OS/c1-3-4-14-9-5-10(17-12(16-9)20-2)18-7-8(6-15-18)11(13)19/h5-7H,3-4H2,1-2H3,(H2,13,19)(H,14,16,17). The van der Waals surface area contributed by atoms with Crippen molar-refractivity contribution >= 4 is 23.5 Å². The van der Waals surface area contributed by atoms with Crippen LogP contribution in [-0.4, -0.2) is 38.5 Å². The highest BCUT2D eigenvalue weighted by Gasteiger charge is 2.09. The molecule has 0 saturated heterocycles. The summed E-state index contributed by atoms with van der Waals surface area (Å²) >= 11 is 1.44. The van der Waals surface area contributed by atoms with Crippen molar-refractivity contribution in [1.29, 1.82) is 0 Å². The molecule has 0 spiro atoms. The average Bonchev–Trinajstić information content (AvgIpc) is 2.94. The molecule has 20 heavy (non-hydrogen) atoms. The van der Waals surface area contributed by atoms with Crippen LogP contribution in [0.25, 0.3) is 5.82 Å². The van der Waals surface area contributed by atoms with Crippen LogP contribution in [0.5, 0.6) is 0 Å². The Hall–Kier alpha value is -2.09. The summed E-state index contributed by atoms with van der Waals surface area (Å²) in [7, 11) is 0. The van der Waals surface area contributed by atoms with Gasteiger partial charge < -0.3 is 11.1 Å². The zero-order chi connectivity index (χ0) is 14.5. The number of thioether (sulfide) groups is 1. The summed E-state index contributed by atoms with van der Waals surface area (Å²) in [6, 6.07) is 1.78. The van der Waals surface area contributed by atoms with Crippen LogP contribution in [0, 0.1) is 0 Å². The molecule has 2 aromatic heterocycles. The van der Waals surface area contributed by atoms with E-state index in [-0.39, 0.29) is 0 Å². The maximum Gasteiger partial charge on any atom is 0.251 e. The van der Waals surface area contributed by atoms with Crippen molar-refractivity contribution in [3.05, 3.63) is 24.0 Å². The summed E-state index contributed by atoms with van der Waals surface area (Å²) in [6.45, 7) is 2.91. The monoisotopic (exact) mass is 292 g/mol. The lowest BCUT2D eigenvalue weighted by Crippen LogP contribution is -2.10. The van der Waals surface area contributed by atoms with Crippen LogP contribution in [0.15, 0.2) is 23.6 Å². The smallest absolute Gasteiger partial charge is 0.251 e. The molecular formula is C12H16N6OS. The van der Waals surface area contributed by atoms with Crippen LogP contribution >= 0.6 is 11.8 Å². The molecule has 0 radical (unpaired) electrons. The van der Waals surface area contributed by atoms with Crippen molar-refractivity contribution < 1.29 is 4.79 Å². The van der Waals surface area contributed by atoms with Crippen LogP contribution < -0.4 is 11.1 Å². The first-order valence-electron chi connectivity index (χ1n) is 6.15. The number of rotatable bonds is 6. The van der Waals surface area contributed by atoms with Gasteiger partial charge in [0.1, 0.15) is 5.82 Å². The lowest BCUT2D eigenvalue weighted by Gasteiger charge is -2.08. The molecular weight excluding hydrogens is 276 g/mol. The molecule has 0 aliphatic rings. The van der Waals surface area contributed by atoms with Crippen molar-refractivity contribution in [2.45, 2.75) is 18.5 Å². The van der Waals surface area contributed by atoms with E-state index in [0.29, 0.717) is 16.5 Å². The molecule has 2 aromatic rings. The third-order valence-corrected chi connectivity index (χ3v) is 3.08. The Morgan fingerprint density at radius 2 is 2.30 bits per heavy atom. The van der Waals surface area contributed by atoms with E-state index in [1.54, 1.807) is 12.3 Å². The molecule has 0 aliphatic carbocycles. The summed E-state index contributed by atoms with van der Waals surface area (Å²) in [5.74, 6) is 0.813. The molecule has 2 rings (SSSR count). The first-order chi connectivity index (χ1) is 9.63. The Kier molecular flexibility index (Phi) is 4.57. The number of aromatic nitrogens is 4. The number of nitrogens with zero attached hydrogens (tertiary/aromatic N) is 4. The van der Waals surface area contributed by atoms with Gasteiger partial charge >= 0.3 is 0 Å². The van der Waals surface area contributed by atoms with Crippen molar-refractivity contribution in [1.82, 2.24) is 19.7 Å². The molecule has 1 amide bonds. The van der Waals surface area contributed by atoms with Gasteiger partial charge in [-0.2, -0.15) is 5.10 Å². The van der Waals surface area contributed by atoms with Crippen LogP contribution in [0.3, 0.4) is 0 Å².